The van der Waals surface area contributed by atoms with Crippen molar-refractivity contribution in [3.63, 3.8) is 0 Å². The van der Waals surface area contributed by atoms with Crippen LogP contribution in [-0.2, 0) is 0 Å². The van der Waals surface area contributed by atoms with E-state index in [1.165, 1.54) is 24.8 Å². The fourth-order valence-corrected chi connectivity index (χ4v) is 1.73. The molecule has 0 atom stereocenters. The largest absolute Gasteiger partial charge is 0.443 e. The standard InChI is InChI=1S/C11H10NO/c1-2-8(3-1)9-4-5-11-10(6-9)12-7-13-11/h1,4-8H,2-3H2. The monoisotopic (exact) mass is 172 g/mol. The van der Waals surface area contributed by atoms with Crippen molar-refractivity contribution in [2.75, 3.05) is 0 Å². The van der Waals surface area contributed by atoms with Crippen LogP contribution in [0.2, 0.25) is 0 Å². The molecule has 1 aliphatic carbocycles. The molecule has 1 aromatic carbocycles. The highest BCUT2D eigenvalue weighted by molar-refractivity contribution is 5.73. The molecule has 0 saturated heterocycles. The minimum absolute atomic E-state index is 0.723. The van der Waals surface area contributed by atoms with Gasteiger partial charge in [-0.3, -0.25) is 0 Å². The average molecular weight is 172 g/mol. The van der Waals surface area contributed by atoms with E-state index in [0.29, 0.717) is 0 Å². The van der Waals surface area contributed by atoms with Gasteiger partial charge < -0.3 is 4.42 Å². The van der Waals surface area contributed by atoms with Gasteiger partial charge in [-0.05, 0) is 42.9 Å². The van der Waals surface area contributed by atoms with Crippen LogP contribution in [-0.4, -0.2) is 4.98 Å². The van der Waals surface area contributed by atoms with Gasteiger partial charge in [-0.15, -0.1) is 0 Å². The van der Waals surface area contributed by atoms with E-state index in [-0.39, 0.29) is 0 Å². The molecule has 13 heavy (non-hydrogen) atoms. The van der Waals surface area contributed by atoms with Crippen LogP contribution in [0, 0.1) is 6.42 Å². The molecule has 65 valence electrons. The lowest BCUT2D eigenvalue weighted by molar-refractivity contribution is 0.540. The third kappa shape index (κ3) is 1.05. The van der Waals surface area contributed by atoms with E-state index in [4.69, 9.17) is 4.42 Å². The van der Waals surface area contributed by atoms with Crippen molar-refractivity contribution in [2.24, 2.45) is 0 Å². The maximum Gasteiger partial charge on any atom is 0.181 e. The van der Waals surface area contributed by atoms with Gasteiger partial charge in [0, 0.05) is 0 Å². The Labute approximate surface area is 76.6 Å². The first kappa shape index (κ1) is 7.13. The molecular weight excluding hydrogens is 162 g/mol. The first-order valence-corrected chi connectivity index (χ1v) is 4.58. The van der Waals surface area contributed by atoms with Gasteiger partial charge in [0.15, 0.2) is 12.0 Å². The van der Waals surface area contributed by atoms with Gasteiger partial charge >= 0.3 is 0 Å². The van der Waals surface area contributed by atoms with Gasteiger partial charge in [0.25, 0.3) is 0 Å². The summed E-state index contributed by atoms with van der Waals surface area (Å²) in [6.07, 6.45) is 6.24. The zero-order valence-corrected chi connectivity index (χ0v) is 7.23. The van der Waals surface area contributed by atoms with Crippen molar-refractivity contribution in [1.82, 2.24) is 4.98 Å². The van der Waals surface area contributed by atoms with Crippen molar-refractivity contribution < 1.29 is 4.42 Å². The molecule has 2 aromatic rings. The highest BCUT2D eigenvalue weighted by Crippen LogP contribution is 2.36. The van der Waals surface area contributed by atoms with Crippen LogP contribution in [0.25, 0.3) is 11.1 Å². The molecule has 0 bridgehead atoms. The average Bonchev–Trinajstić information content (AvgIpc) is 2.47. The molecule has 3 rings (SSSR count). The molecule has 2 heteroatoms. The third-order valence-electron chi connectivity index (χ3n) is 2.73. The number of rotatable bonds is 1. The van der Waals surface area contributed by atoms with Gasteiger partial charge in [-0.2, -0.15) is 0 Å². The van der Waals surface area contributed by atoms with E-state index in [1.54, 1.807) is 0 Å². The highest BCUT2D eigenvalue weighted by atomic mass is 16.3. The summed E-state index contributed by atoms with van der Waals surface area (Å²) in [6.45, 7) is 0. The number of benzene rings is 1. The van der Waals surface area contributed by atoms with E-state index >= 15 is 0 Å². The smallest absolute Gasteiger partial charge is 0.181 e. The Morgan fingerprint density at radius 2 is 2.23 bits per heavy atom. The van der Waals surface area contributed by atoms with Crippen LogP contribution in [0.5, 0.6) is 0 Å². The third-order valence-corrected chi connectivity index (χ3v) is 2.73. The zero-order valence-electron chi connectivity index (χ0n) is 7.23. The summed E-state index contributed by atoms with van der Waals surface area (Å²) < 4.78 is 5.19. The summed E-state index contributed by atoms with van der Waals surface area (Å²) in [5.41, 5.74) is 3.25. The SMILES string of the molecule is [CH]1CC(c2ccc3ocnc3c2)C1. The number of oxazole rings is 1. The maximum atomic E-state index is 5.19. The van der Waals surface area contributed by atoms with Crippen LogP contribution in [0.1, 0.15) is 24.3 Å². The Balaban J connectivity index is 2.09. The molecule has 0 N–H and O–H groups in total. The second-order valence-electron chi connectivity index (χ2n) is 3.54. The van der Waals surface area contributed by atoms with Crippen molar-refractivity contribution in [1.29, 1.82) is 0 Å². The van der Waals surface area contributed by atoms with Gasteiger partial charge in [-0.25, -0.2) is 4.98 Å². The summed E-state index contributed by atoms with van der Waals surface area (Å²) in [4.78, 5) is 4.14. The summed E-state index contributed by atoms with van der Waals surface area (Å²) in [6, 6.07) is 6.29. The summed E-state index contributed by atoms with van der Waals surface area (Å²) in [5.74, 6) is 0.723. The molecular formula is C11H10NO. The highest BCUT2D eigenvalue weighted by Gasteiger charge is 2.19. The molecule has 0 unspecified atom stereocenters. The topological polar surface area (TPSA) is 26.0 Å². The fourth-order valence-electron chi connectivity index (χ4n) is 1.73. The number of aromatic nitrogens is 1. The van der Waals surface area contributed by atoms with Gasteiger partial charge in [0.1, 0.15) is 5.52 Å². The Kier molecular flexibility index (Phi) is 1.42. The Bertz CT molecular complexity index is 428. The van der Waals surface area contributed by atoms with Gasteiger partial charge in [0.05, 0.1) is 0 Å². The molecule has 2 nitrogen and oxygen atoms in total. The van der Waals surface area contributed by atoms with Crippen molar-refractivity contribution >= 4 is 11.1 Å². The quantitative estimate of drug-likeness (QED) is 0.661. The van der Waals surface area contributed by atoms with Crippen LogP contribution >= 0.6 is 0 Å². The second-order valence-corrected chi connectivity index (χ2v) is 3.54. The normalized spacial score (nSPS) is 17.5. The summed E-state index contributed by atoms with van der Waals surface area (Å²) in [5, 5.41) is 0. The lowest BCUT2D eigenvalue weighted by Crippen LogP contribution is -2.09. The first-order valence-electron chi connectivity index (χ1n) is 4.58. The number of hydrogen-bond donors (Lipinski definition) is 0. The Morgan fingerprint density at radius 3 is 3.00 bits per heavy atom. The van der Waals surface area contributed by atoms with Crippen LogP contribution in [0.4, 0.5) is 0 Å². The lowest BCUT2D eigenvalue weighted by Gasteiger charge is -2.25. The summed E-state index contributed by atoms with van der Waals surface area (Å²) in [7, 11) is 0. The predicted molar refractivity (Wildman–Crippen MR) is 50.3 cm³/mol. The molecule has 0 amide bonds. The maximum absolute atomic E-state index is 5.19. The number of hydrogen-bond acceptors (Lipinski definition) is 2. The Morgan fingerprint density at radius 1 is 1.31 bits per heavy atom. The molecule has 1 aromatic heterocycles. The molecule has 1 fully saturated rings. The minimum atomic E-state index is 0.723. The zero-order chi connectivity index (χ0) is 8.67. The van der Waals surface area contributed by atoms with E-state index in [1.807, 2.05) is 6.07 Å². The minimum Gasteiger partial charge on any atom is -0.443 e. The molecule has 1 heterocycles. The number of fused-ring (bicyclic) bond motifs is 1. The molecule has 1 radical (unpaired) electrons. The van der Waals surface area contributed by atoms with E-state index < -0.39 is 0 Å². The van der Waals surface area contributed by atoms with Crippen molar-refractivity contribution in [2.45, 2.75) is 18.8 Å². The predicted octanol–water partition coefficient (Wildman–Crippen LogP) is 2.91. The molecule has 1 saturated carbocycles. The molecule has 0 aliphatic heterocycles. The van der Waals surface area contributed by atoms with E-state index in [0.717, 1.165) is 17.0 Å². The summed E-state index contributed by atoms with van der Waals surface area (Å²) >= 11 is 0. The van der Waals surface area contributed by atoms with Crippen molar-refractivity contribution in [3.8, 4) is 0 Å². The van der Waals surface area contributed by atoms with Gasteiger partial charge in [0.2, 0.25) is 0 Å². The van der Waals surface area contributed by atoms with Gasteiger partial charge in [-0.1, -0.05) is 6.07 Å². The van der Waals surface area contributed by atoms with E-state index in [2.05, 4.69) is 23.5 Å². The second kappa shape index (κ2) is 2.59. The first-order chi connectivity index (χ1) is 6.43. The molecule has 0 spiro atoms. The van der Waals surface area contributed by atoms with Crippen LogP contribution in [0.3, 0.4) is 0 Å². The van der Waals surface area contributed by atoms with Crippen LogP contribution < -0.4 is 0 Å². The lowest BCUT2D eigenvalue weighted by atomic mass is 9.80. The van der Waals surface area contributed by atoms with Crippen molar-refractivity contribution in [3.05, 3.63) is 36.6 Å². The molecule has 1 aliphatic rings. The number of nitrogens with zero attached hydrogens (tertiary/aromatic N) is 1. The Hall–Kier alpha value is -1.31. The van der Waals surface area contributed by atoms with Crippen LogP contribution in [0.15, 0.2) is 29.0 Å². The van der Waals surface area contributed by atoms with E-state index in [9.17, 15) is 0 Å². The fraction of sp³-hybridized carbons (Fsp3) is 0.273.